The van der Waals surface area contributed by atoms with Crippen molar-refractivity contribution in [2.75, 3.05) is 14.1 Å². The maximum absolute atomic E-state index is 11.4. The lowest BCUT2D eigenvalue weighted by Crippen LogP contribution is -2.21. The van der Waals surface area contributed by atoms with Crippen molar-refractivity contribution in [3.63, 3.8) is 0 Å². The Labute approximate surface area is 70.5 Å². The Kier molecular flexibility index (Phi) is 2.29. The minimum Gasteiger partial charge on any atom is -0.345 e. The summed E-state index contributed by atoms with van der Waals surface area (Å²) in [7, 11) is 3.53. The van der Waals surface area contributed by atoms with Gasteiger partial charge in [-0.15, -0.1) is 0 Å². The number of carbonyl (C=O) groups excluding carboxylic acids is 1. The molecular formula is C8H11NOS. The first kappa shape index (κ1) is 8.27. The average molecular weight is 169 g/mol. The predicted molar refractivity (Wildman–Crippen MR) is 47.1 cm³/mol. The lowest BCUT2D eigenvalue weighted by molar-refractivity contribution is 0.0827. The normalized spacial score (nSPS) is 9.73. The summed E-state index contributed by atoms with van der Waals surface area (Å²) in [6.45, 7) is 1.95. The zero-order valence-corrected chi connectivity index (χ0v) is 7.73. The molecule has 0 bridgehead atoms. The molecule has 1 aromatic rings. The zero-order chi connectivity index (χ0) is 8.43. The van der Waals surface area contributed by atoms with Crippen LogP contribution in [-0.2, 0) is 0 Å². The summed E-state index contributed by atoms with van der Waals surface area (Å²) in [6, 6.07) is 0. The summed E-state index contributed by atoms with van der Waals surface area (Å²) in [5.41, 5.74) is 1.88. The van der Waals surface area contributed by atoms with Gasteiger partial charge in [-0.05, 0) is 17.9 Å². The third-order valence-corrected chi connectivity index (χ3v) is 2.35. The highest BCUT2D eigenvalue weighted by atomic mass is 32.1. The first-order chi connectivity index (χ1) is 5.13. The molecule has 2 nitrogen and oxygen atoms in total. The molecule has 0 atom stereocenters. The van der Waals surface area contributed by atoms with Gasteiger partial charge in [-0.25, -0.2) is 0 Å². The average Bonchev–Trinajstić information content (AvgIpc) is 2.33. The summed E-state index contributed by atoms with van der Waals surface area (Å²) >= 11 is 1.56. The van der Waals surface area contributed by atoms with Crippen molar-refractivity contribution < 1.29 is 4.79 Å². The fourth-order valence-electron chi connectivity index (χ4n) is 0.821. The van der Waals surface area contributed by atoms with E-state index >= 15 is 0 Å². The summed E-state index contributed by atoms with van der Waals surface area (Å²) < 4.78 is 0. The molecule has 1 amide bonds. The molecule has 3 heteroatoms. The second-order valence-electron chi connectivity index (χ2n) is 2.67. The second-order valence-corrected chi connectivity index (χ2v) is 3.41. The van der Waals surface area contributed by atoms with Gasteiger partial charge in [-0.1, -0.05) is 0 Å². The van der Waals surface area contributed by atoms with Crippen LogP contribution in [0.3, 0.4) is 0 Å². The number of carbonyl (C=O) groups is 1. The molecule has 1 rings (SSSR count). The van der Waals surface area contributed by atoms with Crippen LogP contribution >= 0.6 is 11.3 Å². The van der Waals surface area contributed by atoms with Crippen LogP contribution in [0.25, 0.3) is 0 Å². The van der Waals surface area contributed by atoms with Crippen LogP contribution in [0.4, 0.5) is 0 Å². The molecular weight excluding hydrogens is 158 g/mol. The van der Waals surface area contributed by atoms with E-state index < -0.39 is 0 Å². The van der Waals surface area contributed by atoms with E-state index in [9.17, 15) is 4.79 Å². The first-order valence-electron chi connectivity index (χ1n) is 3.37. The topological polar surface area (TPSA) is 20.3 Å². The van der Waals surface area contributed by atoms with Gasteiger partial charge in [-0.2, -0.15) is 11.3 Å². The van der Waals surface area contributed by atoms with Gasteiger partial charge in [0, 0.05) is 19.5 Å². The minimum atomic E-state index is 0.0868. The van der Waals surface area contributed by atoms with E-state index in [1.807, 2.05) is 17.7 Å². The molecule has 1 heterocycles. The van der Waals surface area contributed by atoms with E-state index in [1.165, 1.54) is 0 Å². The lowest BCUT2D eigenvalue weighted by atomic mass is 10.2. The van der Waals surface area contributed by atoms with Crippen molar-refractivity contribution in [1.82, 2.24) is 4.90 Å². The van der Waals surface area contributed by atoms with Gasteiger partial charge >= 0.3 is 0 Å². The zero-order valence-electron chi connectivity index (χ0n) is 6.92. The molecule has 0 radical (unpaired) electrons. The van der Waals surface area contributed by atoms with E-state index in [4.69, 9.17) is 0 Å². The quantitative estimate of drug-likeness (QED) is 0.627. The smallest absolute Gasteiger partial charge is 0.254 e. The molecule has 0 aromatic carbocycles. The molecule has 60 valence electrons. The van der Waals surface area contributed by atoms with E-state index in [0.717, 1.165) is 11.1 Å². The monoisotopic (exact) mass is 169 g/mol. The van der Waals surface area contributed by atoms with Gasteiger partial charge in [0.25, 0.3) is 5.91 Å². The molecule has 0 N–H and O–H groups in total. The van der Waals surface area contributed by atoms with Crippen LogP contribution in [-0.4, -0.2) is 24.9 Å². The molecule has 0 fully saturated rings. The van der Waals surface area contributed by atoms with Crippen molar-refractivity contribution >= 4 is 17.2 Å². The Hall–Kier alpha value is -0.830. The van der Waals surface area contributed by atoms with Crippen LogP contribution in [0.5, 0.6) is 0 Å². The molecule has 0 unspecified atom stereocenters. The number of hydrogen-bond donors (Lipinski definition) is 0. The number of hydrogen-bond acceptors (Lipinski definition) is 2. The Morgan fingerprint density at radius 2 is 2.09 bits per heavy atom. The van der Waals surface area contributed by atoms with E-state index in [0.29, 0.717) is 0 Å². The van der Waals surface area contributed by atoms with Crippen LogP contribution in [0.1, 0.15) is 15.9 Å². The van der Waals surface area contributed by atoms with Gasteiger partial charge in [0.2, 0.25) is 0 Å². The molecule has 0 saturated carbocycles. The van der Waals surface area contributed by atoms with Crippen LogP contribution in [0, 0.1) is 6.92 Å². The molecule has 0 aliphatic carbocycles. The highest BCUT2D eigenvalue weighted by Crippen LogP contribution is 2.14. The maximum Gasteiger partial charge on any atom is 0.254 e. The third-order valence-electron chi connectivity index (χ3n) is 1.49. The number of nitrogens with zero attached hydrogens (tertiary/aromatic N) is 1. The molecule has 11 heavy (non-hydrogen) atoms. The van der Waals surface area contributed by atoms with Crippen molar-refractivity contribution in [2.24, 2.45) is 0 Å². The minimum absolute atomic E-state index is 0.0868. The predicted octanol–water partition coefficient (Wildman–Crippen LogP) is 1.76. The van der Waals surface area contributed by atoms with Crippen LogP contribution in [0.2, 0.25) is 0 Å². The van der Waals surface area contributed by atoms with Crippen molar-refractivity contribution in [3.05, 3.63) is 21.9 Å². The van der Waals surface area contributed by atoms with Gasteiger partial charge < -0.3 is 4.90 Å². The Morgan fingerprint density at radius 3 is 2.45 bits per heavy atom. The Morgan fingerprint density at radius 1 is 1.45 bits per heavy atom. The third kappa shape index (κ3) is 1.60. The van der Waals surface area contributed by atoms with Crippen molar-refractivity contribution in [2.45, 2.75) is 6.92 Å². The number of rotatable bonds is 1. The largest absolute Gasteiger partial charge is 0.345 e. The number of aryl methyl sites for hydroxylation is 1. The fourth-order valence-corrected chi connectivity index (χ4v) is 1.64. The van der Waals surface area contributed by atoms with Gasteiger partial charge in [0.15, 0.2) is 0 Å². The van der Waals surface area contributed by atoms with E-state index in [-0.39, 0.29) is 5.91 Å². The fraction of sp³-hybridized carbons (Fsp3) is 0.375. The molecule has 1 aromatic heterocycles. The SMILES string of the molecule is Cc1cscc1C(=O)N(C)C. The van der Waals surface area contributed by atoms with Crippen LogP contribution < -0.4 is 0 Å². The maximum atomic E-state index is 11.4. The molecule has 0 aliphatic heterocycles. The van der Waals surface area contributed by atoms with Gasteiger partial charge in [0.05, 0.1) is 5.56 Å². The van der Waals surface area contributed by atoms with Crippen LogP contribution in [0.15, 0.2) is 10.8 Å². The standard InChI is InChI=1S/C8H11NOS/c1-6-4-11-5-7(6)8(10)9(2)3/h4-5H,1-3H3. The molecule has 0 spiro atoms. The second kappa shape index (κ2) is 3.05. The van der Waals surface area contributed by atoms with Gasteiger partial charge in [0.1, 0.15) is 0 Å². The van der Waals surface area contributed by atoms with E-state index in [2.05, 4.69) is 0 Å². The molecule has 0 aliphatic rings. The summed E-state index contributed by atoms with van der Waals surface area (Å²) in [5, 5.41) is 3.87. The number of thiophene rings is 1. The van der Waals surface area contributed by atoms with Gasteiger partial charge in [-0.3, -0.25) is 4.79 Å². The highest BCUT2D eigenvalue weighted by molar-refractivity contribution is 7.08. The lowest BCUT2D eigenvalue weighted by Gasteiger charge is -2.08. The first-order valence-corrected chi connectivity index (χ1v) is 4.31. The summed E-state index contributed by atoms with van der Waals surface area (Å²) in [4.78, 5) is 13.0. The Bertz CT molecular complexity index is 265. The number of amides is 1. The van der Waals surface area contributed by atoms with E-state index in [1.54, 1.807) is 30.3 Å². The Balaban J connectivity index is 2.93. The summed E-state index contributed by atoms with van der Waals surface area (Å²) in [6.07, 6.45) is 0. The molecule has 0 saturated heterocycles. The van der Waals surface area contributed by atoms with Crippen molar-refractivity contribution in [3.8, 4) is 0 Å². The highest BCUT2D eigenvalue weighted by Gasteiger charge is 2.10. The summed E-state index contributed by atoms with van der Waals surface area (Å²) in [5.74, 6) is 0.0868. The van der Waals surface area contributed by atoms with Crippen molar-refractivity contribution in [1.29, 1.82) is 0 Å².